The minimum absolute atomic E-state index is 0.148. The second kappa shape index (κ2) is 6.80. The highest BCUT2D eigenvalue weighted by Gasteiger charge is 2.43. The van der Waals surface area contributed by atoms with Gasteiger partial charge >= 0.3 is 0 Å². The van der Waals surface area contributed by atoms with E-state index in [2.05, 4.69) is 25.9 Å². The van der Waals surface area contributed by atoms with Gasteiger partial charge in [-0.15, -0.1) is 0 Å². The van der Waals surface area contributed by atoms with Crippen LogP contribution in [0, 0.1) is 5.92 Å². The highest BCUT2D eigenvalue weighted by Crippen LogP contribution is 2.44. The maximum absolute atomic E-state index is 11.0. The quantitative estimate of drug-likeness (QED) is 0.899. The van der Waals surface area contributed by atoms with E-state index >= 15 is 0 Å². The molecule has 1 fully saturated rings. The molecule has 1 aliphatic carbocycles. The Morgan fingerprint density at radius 2 is 2.00 bits per heavy atom. The average Bonchev–Trinajstić information content (AvgIpc) is 2.47. The standard InChI is InChI=1S/C18H29NO2/c1-5-21-16-10-8-15(9-11-16)17(20)18(19(3)4)12-6-7-14(2)13-18/h8-11,14,17,20H,5-7,12-13H2,1-4H3. The van der Waals surface area contributed by atoms with Gasteiger partial charge in [0.05, 0.1) is 18.2 Å². The van der Waals surface area contributed by atoms with Crippen LogP contribution in [0.1, 0.15) is 51.2 Å². The van der Waals surface area contributed by atoms with Crippen molar-refractivity contribution in [2.75, 3.05) is 20.7 Å². The van der Waals surface area contributed by atoms with Gasteiger partial charge in [0.2, 0.25) is 0 Å². The molecule has 0 spiro atoms. The van der Waals surface area contributed by atoms with Crippen molar-refractivity contribution < 1.29 is 9.84 Å². The summed E-state index contributed by atoms with van der Waals surface area (Å²) in [4.78, 5) is 2.23. The van der Waals surface area contributed by atoms with Crippen LogP contribution in [0.2, 0.25) is 0 Å². The van der Waals surface area contributed by atoms with E-state index in [9.17, 15) is 5.11 Å². The van der Waals surface area contributed by atoms with Gasteiger partial charge in [0.25, 0.3) is 0 Å². The van der Waals surface area contributed by atoms with E-state index < -0.39 is 6.10 Å². The number of aliphatic hydroxyl groups is 1. The average molecular weight is 291 g/mol. The number of hydrogen-bond acceptors (Lipinski definition) is 3. The third-order valence-corrected chi connectivity index (χ3v) is 4.92. The Balaban J connectivity index is 2.23. The molecule has 1 aliphatic rings. The number of aliphatic hydroxyl groups excluding tert-OH is 1. The van der Waals surface area contributed by atoms with E-state index in [1.807, 2.05) is 31.2 Å². The van der Waals surface area contributed by atoms with Crippen LogP contribution in [-0.4, -0.2) is 36.2 Å². The van der Waals surface area contributed by atoms with Crippen LogP contribution in [0.3, 0.4) is 0 Å². The maximum Gasteiger partial charge on any atom is 0.119 e. The zero-order chi connectivity index (χ0) is 15.5. The molecule has 1 aromatic rings. The van der Waals surface area contributed by atoms with Crippen LogP contribution in [0.15, 0.2) is 24.3 Å². The Labute approximate surface area is 128 Å². The van der Waals surface area contributed by atoms with Gasteiger partial charge in [0.1, 0.15) is 5.75 Å². The van der Waals surface area contributed by atoms with Crippen molar-refractivity contribution in [2.24, 2.45) is 5.92 Å². The first kappa shape index (κ1) is 16.3. The van der Waals surface area contributed by atoms with E-state index in [1.54, 1.807) is 0 Å². The van der Waals surface area contributed by atoms with Crippen molar-refractivity contribution in [3.8, 4) is 5.75 Å². The largest absolute Gasteiger partial charge is 0.494 e. The third-order valence-electron chi connectivity index (χ3n) is 4.92. The van der Waals surface area contributed by atoms with Gasteiger partial charge in [-0.2, -0.15) is 0 Å². The Kier molecular flexibility index (Phi) is 5.28. The van der Waals surface area contributed by atoms with Crippen molar-refractivity contribution in [1.82, 2.24) is 4.90 Å². The molecule has 0 saturated heterocycles. The molecule has 21 heavy (non-hydrogen) atoms. The summed E-state index contributed by atoms with van der Waals surface area (Å²) < 4.78 is 5.48. The molecular weight excluding hydrogens is 262 g/mol. The molecular formula is C18H29NO2. The normalized spacial score (nSPS) is 27.6. The van der Waals surface area contributed by atoms with Gasteiger partial charge < -0.3 is 14.7 Å². The minimum atomic E-state index is -0.453. The molecule has 1 saturated carbocycles. The van der Waals surface area contributed by atoms with E-state index in [1.165, 1.54) is 12.8 Å². The summed E-state index contributed by atoms with van der Waals surface area (Å²) >= 11 is 0. The van der Waals surface area contributed by atoms with E-state index in [0.717, 1.165) is 24.2 Å². The molecule has 0 amide bonds. The van der Waals surface area contributed by atoms with Crippen molar-refractivity contribution in [2.45, 2.75) is 51.2 Å². The summed E-state index contributed by atoms with van der Waals surface area (Å²) in [6.45, 7) is 4.94. The van der Waals surface area contributed by atoms with Crippen molar-refractivity contribution in [1.29, 1.82) is 0 Å². The molecule has 0 heterocycles. The molecule has 3 nitrogen and oxygen atoms in total. The molecule has 3 atom stereocenters. The molecule has 1 N–H and O–H groups in total. The van der Waals surface area contributed by atoms with Gasteiger partial charge in [0.15, 0.2) is 0 Å². The Morgan fingerprint density at radius 3 is 2.52 bits per heavy atom. The van der Waals surface area contributed by atoms with Crippen molar-refractivity contribution in [3.05, 3.63) is 29.8 Å². The zero-order valence-electron chi connectivity index (χ0n) is 13.8. The van der Waals surface area contributed by atoms with Crippen LogP contribution < -0.4 is 4.74 Å². The summed E-state index contributed by atoms with van der Waals surface area (Å²) in [6, 6.07) is 7.91. The lowest BCUT2D eigenvalue weighted by Crippen LogP contribution is -2.52. The minimum Gasteiger partial charge on any atom is -0.494 e. The fourth-order valence-corrected chi connectivity index (χ4v) is 3.69. The molecule has 2 rings (SSSR count). The highest BCUT2D eigenvalue weighted by molar-refractivity contribution is 5.30. The number of likely N-dealkylation sites (N-methyl/N-ethyl adjacent to an activating group) is 1. The summed E-state index contributed by atoms with van der Waals surface area (Å²) in [6.07, 6.45) is 4.11. The first-order valence-electron chi connectivity index (χ1n) is 8.08. The van der Waals surface area contributed by atoms with Crippen molar-refractivity contribution >= 4 is 0 Å². The first-order chi connectivity index (χ1) is 9.99. The van der Waals surface area contributed by atoms with Gasteiger partial charge in [-0.05, 0) is 57.5 Å². The molecule has 0 aromatic heterocycles. The molecule has 118 valence electrons. The van der Waals surface area contributed by atoms with Gasteiger partial charge in [0, 0.05) is 0 Å². The van der Waals surface area contributed by atoms with Gasteiger partial charge in [-0.25, -0.2) is 0 Å². The van der Waals surface area contributed by atoms with Crippen LogP contribution in [0.5, 0.6) is 5.75 Å². The lowest BCUT2D eigenvalue weighted by molar-refractivity contribution is -0.0451. The maximum atomic E-state index is 11.0. The van der Waals surface area contributed by atoms with Crippen LogP contribution in [0.25, 0.3) is 0 Å². The van der Waals surface area contributed by atoms with Gasteiger partial charge in [-0.1, -0.05) is 31.9 Å². The Bertz CT molecular complexity index is 443. The van der Waals surface area contributed by atoms with E-state index in [0.29, 0.717) is 12.5 Å². The highest BCUT2D eigenvalue weighted by atomic mass is 16.5. The van der Waals surface area contributed by atoms with Crippen LogP contribution in [-0.2, 0) is 0 Å². The zero-order valence-corrected chi connectivity index (χ0v) is 13.8. The SMILES string of the molecule is CCOc1ccc(C(O)C2(N(C)C)CCCC(C)C2)cc1. The topological polar surface area (TPSA) is 32.7 Å². The number of ether oxygens (including phenoxy) is 1. The molecule has 3 unspecified atom stereocenters. The predicted molar refractivity (Wildman–Crippen MR) is 86.6 cm³/mol. The number of hydrogen-bond donors (Lipinski definition) is 1. The van der Waals surface area contributed by atoms with Gasteiger partial charge in [-0.3, -0.25) is 0 Å². The molecule has 0 aliphatic heterocycles. The monoisotopic (exact) mass is 291 g/mol. The Hall–Kier alpha value is -1.06. The molecule has 3 heteroatoms. The van der Waals surface area contributed by atoms with Crippen molar-refractivity contribution in [3.63, 3.8) is 0 Å². The third kappa shape index (κ3) is 3.41. The number of nitrogens with zero attached hydrogens (tertiary/aromatic N) is 1. The van der Waals surface area contributed by atoms with Crippen LogP contribution >= 0.6 is 0 Å². The summed E-state index contributed by atoms with van der Waals surface area (Å²) in [7, 11) is 4.19. The summed E-state index contributed by atoms with van der Waals surface area (Å²) in [5, 5.41) is 11.0. The molecule has 1 aromatic carbocycles. The Morgan fingerprint density at radius 1 is 1.33 bits per heavy atom. The van der Waals surface area contributed by atoms with E-state index in [4.69, 9.17) is 4.74 Å². The molecule has 0 bridgehead atoms. The number of benzene rings is 1. The number of rotatable bonds is 5. The smallest absolute Gasteiger partial charge is 0.119 e. The van der Waals surface area contributed by atoms with Crippen LogP contribution in [0.4, 0.5) is 0 Å². The fourth-order valence-electron chi connectivity index (χ4n) is 3.69. The second-order valence-electron chi connectivity index (χ2n) is 6.60. The summed E-state index contributed by atoms with van der Waals surface area (Å²) in [5.74, 6) is 1.53. The predicted octanol–water partition coefficient (Wildman–Crippen LogP) is 3.63. The first-order valence-corrected chi connectivity index (χ1v) is 8.08. The fraction of sp³-hybridized carbons (Fsp3) is 0.667. The van der Waals surface area contributed by atoms with E-state index in [-0.39, 0.29) is 5.54 Å². The lowest BCUT2D eigenvalue weighted by Gasteiger charge is -2.48. The second-order valence-corrected chi connectivity index (χ2v) is 6.60. The lowest BCUT2D eigenvalue weighted by atomic mass is 9.71. The molecule has 0 radical (unpaired) electrons. The summed E-state index contributed by atoms with van der Waals surface area (Å²) in [5.41, 5.74) is 0.839.